The van der Waals surface area contributed by atoms with Crippen LogP contribution >= 0.6 is 0 Å². The zero-order valence-electron chi connectivity index (χ0n) is 20.5. The van der Waals surface area contributed by atoms with Gasteiger partial charge in [0.15, 0.2) is 0 Å². The summed E-state index contributed by atoms with van der Waals surface area (Å²) >= 11 is 0. The van der Waals surface area contributed by atoms with E-state index < -0.39 is 11.7 Å². The van der Waals surface area contributed by atoms with Crippen molar-refractivity contribution in [3.63, 3.8) is 0 Å². The Kier molecular flexibility index (Phi) is 8.40. The van der Waals surface area contributed by atoms with Crippen LogP contribution in [0.25, 0.3) is 16.9 Å². The first-order valence-electron chi connectivity index (χ1n) is 12.2. The van der Waals surface area contributed by atoms with Crippen LogP contribution in [0.5, 0.6) is 0 Å². The van der Waals surface area contributed by atoms with E-state index in [9.17, 15) is 18.4 Å². The van der Waals surface area contributed by atoms with Gasteiger partial charge >= 0.3 is 0 Å². The molecule has 6 nitrogen and oxygen atoms in total. The molecule has 3 aromatic carbocycles. The first kappa shape index (κ1) is 25.8. The fraction of sp³-hybridized carbons (Fsp3) is 0.207. The molecule has 0 saturated carbocycles. The van der Waals surface area contributed by atoms with Crippen LogP contribution < -0.4 is 5.32 Å². The maximum Gasteiger partial charge on any atom is 0.254 e. The molecule has 4 aromatic rings. The number of hydrogen-bond donors (Lipinski definition) is 1. The van der Waals surface area contributed by atoms with Gasteiger partial charge in [0, 0.05) is 23.7 Å². The number of nitrogens with zero attached hydrogens (tertiary/aromatic N) is 3. The van der Waals surface area contributed by atoms with Crippen molar-refractivity contribution in [3.05, 3.63) is 102 Å². The Hall–Kier alpha value is -4.33. The summed E-state index contributed by atoms with van der Waals surface area (Å²) in [6.45, 7) is 2.26. The molecule has 0 radical (unpaired) electrons. The highest BCUT2D eigenvalue weighted by Gasteiger charge is 2.21. The van der Waals surface area contributed by atoms with Crippen molar-refractivity contribution < 1.29 is 18.4 Å². The normalized spacial score (nSPS) is 10.8. The van der Waals surface area contributed by atoms with E-state index in [0.717, 1.165) is 24.8 Å². The molecule has 8 heteroatoms. The van der Waals surface area contributed by atoms with Gasteiger partial charge in [-0.25, -0.2) is 13.5 Å². The molecule has 37 heavy (non-hydrogen) atoms. The monoisotopic (exact) mass is 502 g/mol. The summed E-state index contributed by atoms with van der Waals surface area (Å²) in [5.74, 6) is -1.18. The summed E-state index contributed by atoms with van der Waals surface area (Å²) in [6, 6.07) is 22.3. The Morgan fingerprint density at radius 1 is 0.892 bits per heavy atom. The Morgan fingerprint density at radius 3 is 2.19 bits per heavy atom. The Morgan fingerprint density at radius 2 is 1.54 bits per heavy atom. The van der Waals surface area contributed by atoms with Crippen LogP contribution in [0, 0.1) is 11.6 Å². The number of anilines is 1. The van der Waals surface area contributed by atoms with Crippen molar-refractivity contribution in [3.8, 4) is 16.9 Å². The number of nitrogens with one attached hydrogen (secondary N) is 1. The lowest BCUT2D eigenvalue weighted by Crippen LogP contribution is -2.39. The van der Waals surface area contributed by atoms with Crippen molar-refractivity contribution in [1.29, 1.82) is 0 Å². The molecule has 0 aliphatic heterocycles. The molecule has 190 valence electrons. The number of carbonyl (C=O) groups is 2. The van der Waals surface area contributed by atoms with Crippen LogP contribution in [-0.2, 0) is 4.79 Å². The first-order valence-corrected chi connectivity index (χ1v) is 12.2. The highest BCUT2D eigenvalue weighted by molar-refractivity contribution is 5.99. The molecule has 0 spiro atoms. The molecule has 1 N–H and O–H groups in total. The molecule has 1 aromatic heterocycles. The Labute approximate surface area is 214 Å². The SMILES string of the molecule is CCCCCN(CC(=O)Nc1cc(-c2ccccc2)nn1-c1ccc(F)cc1)C(=O)c1ccc(F)cc1. The average molecular weight is 503 g/mol. The third kappa shape index (κ3) is 6.67. The minimum absolute atomic E-state index is 0.185. The van der Waals surface area contributed by atoms with Crippen LogP contribution in [0.3, 0.4) is 0 Å². The number of unbranched alkanes of at least 4 members (excludes halogenated alkanes) is 2. The number of amides is 2. The lowest BCUT2D eigenvalue weighted by molar-refractivity contribution is -0.117. The Bertz CT molecular complexity index is 1340. The van der Waals surface area contributed by atoms with E-state index in [0.29, 0.717) is 29.3 Å². The molecule has 2 amide bonds. The molecule has 0 atom stereocenters. The number of halogens is 2. The second-order valence-electron chi connectivity index (χ2n) is 8.66. The fourth-order valence-corrected chi connectivity index (χ4v) is 3.94. The second-order valence-corrected chi connectivity index (χ2v) is 8.66. The van der Waals surface area contributed by atoms with Crippen molar-refractivity contribution in [2.24, 2.45) is 0 Å². The van der Waals surface area contributed by atoms with Crippen LogP contribution in [0.4, 0.5) is 14.6 Å². The lowest BCUT2D eigenvalue weighted by atomic mass is 10.1. The molecular formula is C29H28F2N4O2. The molecular weight excluding hydrogens is 474 g/mol. The molecule has 0 fully saturated rings. The maximum absolute atomic E-state index is 13.5. The van der Waals surface area contributed by atoms with Gasteiger partial charge in [0.2, 0.25) is 5.91 Å². The zero-order valence-corrected chi connectivity index (χ0v) is 20.5. The van der Waals surface area contributed by atoms with E-state index in [-0.39, 0.29) is 18.3 Å². The van der Waals surface area contributed by atoms with E-state index >= 15 is 0 Å². The van der Waals surface area contributed by atoms with Gasteiger partial charge in [0.05, 0.1) is 11.4 Å². The molecule has 0 saturated heterocycles. The second kappa shape index (κ2) is 12.1. The third-order valence-electron chi connectivity index (χ3n) is 5.86. The van der Waals surface area contributed by atoms with Crippen LogP contribution in [0.2, 0.25) is 0 Å². The smallest absolute Gasteiger partial charge is 0.254 e. The van der Waals surface area contributed by atoms with Crippen molar-refractivity contribution in [2.75, 3.05) is 18.4 Å². The van der Waals surface area contributed by atoms with Crippen molar-refractivity contribution >= 4 is 17.6 Å². The van der Waals surface area contributed by atoms with E-state index in [1.807, 2.05) is 30.3 Å². The molecule has 1 heterocycles. The predicted molar refractivity (Wildman–Crippen MR) is 139 cm³/mol. The summed E-state index contributed by atoms with van der Waals surface area (Å²) in [6.07, 6.45) is 2.61. The van der Waals surface area contributed by atoms with E-state index in [1.165, 1.54) is 46.0 Å². The highest BCUT2D eigenvalue weighted by atomic mass is 19.1. The summed E-state index contributed by atoms with van der Waals surface area (Å²) in [5, 5.41) is 7.49. The van der Waals surface area contributed by atoms with Gasteiger partial charge in [-0.05, 0) is 55.0 Å². The van der Waals surface area contributed by atoms with Gasteiger partial charge in [-0.1, -0.05) is 50.1 Å². The predicted octanol–water partition coefficient (Wildman–Crippen LogP) is 6.09. The van der Waals surface area contributed by atoms with Gasteiger partial charge in [0.25, 0.3) is 5.91 Å². The van der Waals surface area contributed by atoms with Crippen LogP contribution in [0.15, 0.2) is 84.9 Å². The number of rotatable bonds is 10. The maximum atomic E-state index is 13.5. The quantitative estimate of drug-likeness (QED) is 0.267. The largest absolute Gasteiger partial charge is 0.329 e. The summed E-state index contributed by atoms with van der Waals surface area (Å²) in [7, 11) is 0. The van der Waals surface area contributed by atoms with Gasteiger partial charge < -0.3 is 10.2 Å². The number of carbonyl (C=O) groups excluding carboxylic acids is 2. The highest BCUT2D eigenvalue weighted by Crippen LogP contribution is 2.25. The fourth-order valence-electron chi connectivity index (χ4n) is 3.94. The van der Waals surface area contributed by atoms with Gasteiger partial charge in [-0.3, -0.25) is 9.59 Å². The third-order valence-corrected chi connectivity index (χ3v) is 5.86. The number of hydrogen-bond acceptors (Lipinski definition) is 3. The van der Waals surface area contributed by atoms with E-state index in [1.54, 1.807) is 18.2 Å². The van der Waals surface area contributed by atoms with Gasteiger partial charge in [-0.2, -0.15) is 5.10 Å². The van der Waals surface area contributed by atoms with E-state index in [4.69, 9.17) is 0 Å². The lowest BCUT2D eigenvalue weighted by Gasteiger charge is -2.22. The van der Waals surface area contributed by atoms with Gasteiger partial charge in [-0.15, -0.1) is 0 Å². The van der Waals surface area contributed by atoms with Crippen LogP contribution in [0.1, 0.15) is 36.5 Å². The molecule has 0 unspecified atom stereocenters. The summed E-state index contributed by atoms with van der Waals surface area (Å²) in [5.41, 5.74) is 2.36. The van der Waals surface area contributed by atoms with Crippen molar-refractivity contribution in [2.45, 2.75) is 26.2 Å². The van der Waals surface area contributed by atoms with E-state index in [2.05, 4.69) is 17.3 Å². The first-order chi connectivity index (χ1) is 17.9. The minimum Gasteiger partial charge on any atom is -0.329 e. The topological polar surface area (TPSA) is 67.2 Å². The molecule has 0 aliphatic rings. The molecule has 0 bridgehead atoms. The van der Waals surface area contributed by atoms with Gasteiger partial charge in [0.1, 0.15) is 24.0 Å². The summed E-state index contributed by atoms with van der Waals surface area (Å²) in [4.78, 5) is 27.7. The molecule has 0 aliphatic carbocycles. The number of benzene rings is 3. The standard InChI is InChI=1S/C29H28F2N4O2/c1-2-3-7-18-34(29(37)22-10-12-23(30)13-11-22)20-28(36)32-27-19-26(21-8-5-4-6-9-21)33-35(27)25-16-14-24(31)15-17-25/h4-6,8-17,19H,2-3,7,18,20H2,1H3,(H,32,36). The number of aromatic nitrogens is 2. The van der Waals surface area contributed by atoms with Crippen LogP contribution in [-0.4, -0.2) is 39.6 Å². The minimum atomic E-state index is -0.435. The van der Waals surface area contributed by atoms with Crippen molar-refractivity contribution in [1.82, 2.24) is 14.7 Å². The average Bonchev–Trinajstić information content (AvgIpc) is 3.32. The molecule has 4 rings (SSSR count). The Balaban J connectivity index is 1.58. The summed E-state index contributed by atoms with van der Waals surface area (Å²) < 4.78 is 28.4. The zero-order chi connectivity index (χ0) is 26.2.